The third-order valence-electron chi connectivity index (χ3n) is 3.60. The predicted octanol–water partition coefficient (Wildman–Crippen LogP) is 2.20. The van der Waals surface area contributed by atoms with Gasteiger partial charge in [0.2, 0.25) is 0 Å². The molecule has 0 spiro atoms. The molecule has 0 bridgehead atoms. The van der Waals surface area contributed by atoms with Gasteiger partial charge in [0, 0.05) is 19.1 Å². The fraction of sp³-hybridized carbons (Fsp3) is 0.571. The predicted molar refractivity (Wildman–Crippen MR) is 66.6 cm³/mol. The molecular formula is C14H21NO. The van der Waals surface area contributed by atoms with Crippen molar-refractivity contribution in [3.8, 4) is 0 Å². The second kappa shape index (κ2) is 4.98. The number of likely N-dealkylation sites (N-methyl/N-ethyl adjacent to an activating group) is 1. The van der Waals surface area contributed by atoms with E-state index in [2.05, 4.69) is 35.6 Å². The highest BCUT2D eigenvalue weighted by Crippen LogP contribution is 2.47. The van der Waals surface area contributed by atoms with E-state index in [0.29, 0.717) is 0 Å². The van der Waals surface area contributed by atoms with Crippen molar-refractivity contribution in [1.82, 2.24) is 5.32 Å². The highest BCUT2D eigenvalue weighted by molar-refractivity contribution is 5.29. The van der Waals surface area contributed by atoms with E-state index in [1.54, 1.807) is 7.11 Å². The van der Waals surface area contributed by atoms with Crippen LogP contribution in [0.25, 0.3) is 0 Å². The van der Waals surface area contributed by atoms with Gasteiger partial charge in [-0.1, -0.05) is 30.3 Å². The summed E-state index contributed by atoms with van der Waals surface area (Å²) >= 11 is 0. The van der Waals surface area contributed by atoms with Crippen LogP contribution in [0.15, 0.2) is 30.3 Å². The van der Waals surface area contributed by atoms with Gasteiger partial charge in [0.05, 0.1) is 6.61 Å². The molecular weight excluding hydrogens is 198 g/mol. The van der Waals surface area contributed by atoms with E-state index >= 15 is 0 Å². The number of methoxy groups -OCH3 is 1. The molecule has 0 amide bonds. The normalized spacial score (nSPS) is 19.4. The minimum atomic E-state index is 0.171. The van der Waals surface area contributed by atoms with Gasteiger partial charge in [-0.2, -0.15) is 0 Å². The zero-order valence-electron chi connectivity index (χ0n) is 10.2. The third kappa shape index (κ3) is 2.13. The summed E-state index contributed by atoms with van der Waals surface area (Å²) in [5, 5.41) is 3.33. The summed E-state index contributed by atoms with van der Waals surface area (Å²) < 4.78 is 5.48. The van der Waals surface area contributed by atoms with E-state index in [4.69, 9.17) is 4.74 Å². The standard InChI is InChI=1S/C14H21NO/c1-15-10-14(11-16-2,13-8-9-13)12-6-4-3-5-7-12/h3-7,13,15H,8-11H2,1-2H3. The lowest BCUT2D eigenvalue weighted by Gasteiger charge is -2.34. The van der Waals surface area contributed by atoms with E-state index in [9.17, 15) is 0 Å². The minimum Gasteiger partial charge on any atom is -0.384 e. The second-order valence-electron chi connectivity index (χ2n) is 4.76. The Kier molecular flexibility index (Phi) is 3.62. The molecule has 0 aromatic heterocycles. The molecule has 16 heavy (non-hydrogen) atoms. The summed E-state index contributed by atoms with van der Waals surface area (Å²) in [4.78, 5) is 0. The Hall–Kier alpha value is -0.860. The summed E-state index contributed by atoms with van der Waals surface area (Å²) in [6.07, 6.45) is 2.67. The molecule has 1 fully saturated rings. The lowest BCUT2D eigenvalue weighted by atomic mass is 9.76. The molecule has 0 aliphatic heterocycles. The molecule has 2 nitrogen and oxygen atoms in total. The van der Waals surface area contributed by atoms with E-state index in [0.717, 1.165) is 19.1 Å². The molecule has 2 rings (SSSR count). The number of rotatable bonds is 6. The summed E-state index contributed by atoms with van der Waals surface area (Å²) in [6.45, 7) is 1.80. The maximum absolute atomic E-state index is 5.48. The molecule has 1 aliphatic carbocycles. The van der Waals surface area contributed by atoms with E-state index < -0.39 is 0 Å². The van der Waals surface area contributed by atoms with Gasteiger partial charge in [-0.05, 0) is 31.4 Å². The quantitative estimate of drug-likeness (QED) is 0.792. The molecule has 1 unspecified atom stereocenters. The van der Waals surface area contributed by atoms with Gasteiger partial charge in [0.15, 0.2) is 0 Å². The largest absolute Gasteiger partial charge is 0.384 e. The zero-order chi connectivity index (χ0) is 11.4. The van der Waals surface area contributed by atoms with Gasteiger partial charge >= 0.3 is 0 Å². The van der Waals surface area contributed by atoms with Crippen molar-refractivity contribution in [2.45, 2.75) is 18.3 Å². The number of hydrogen-bond donors (Lipinski definition) is 1. The van der Waals surface area contributed by atoms with Crippen molar-refractivity contribution in [3.63, 3.8) is 0 Å². The van der Waals surface area contributed by atoms with Crippen LogP contribution in [0, 0.1) is 5.92 Å². The fourth-order valence-electron chi connectivity index (χ4n) is 2.71. The highest BCUT2D eigenvalue weighted by atomic mass is 16.5. The van der Waals surface area contributed by atoms with Crippen molar-refractivity contribution >= 4 is 0 Å². The molecule has 1 saturated carbocycles. The molecule has 1 aromatic carbocycles. The second-order valence-corrected chi connectivity index (χ2v) is 4.76. The van der Waals surface area contributed by atoms with Crippen LogP contribution in [0.4, 0.5) is 0 Å². The first-order valence-corrected chi connectivity index (χ1v) is 6.02. The maximum atomic E-state index is 5.48. The summed E-state index contributed by atoms with van der Waals surface area (Å²) in [6, 6.07) is 10.8. The summed E-state index contributed by atoms with van der Waals surface area (Å²) in [7, 11) is 3.82. The topological polar surface area (TPSA) is 21.3 Å². The Morgan fingerprint density at radius 3 is 2.50 bits per heavy atom. The van der Waals surface area contributed by atoms with Gasteiger partial charge in [-0.25, -0.2) is 0 Å². The molecule has 0 heterocycles. The Bertz CT molecular complexity index is 313. The SMILES string of the molecule is CNCC(COC)(c1ccccc1)C1CC1. The number of nitrogens with one attached hydrogen (secondary N) is 1. The van der Waals surface area contributed by atoms with Crippen LogP contribution in [0.2, 0.25) is 0 Å². The van der Waals surface area contributed by atoms with Crippen LogP contribution in [-0.2, 0) is 10.2 Å². The first kappa shape index (κ1) is 11.6. The third-order valence-corrected chi connectivity index (χ3v) is 3.60. The van der Waals surface area contributed by atoms with Crippen LogP contribution >= 0.6 is 0 Å². The van der Waals surface area contributed by atoms with Gasteiger partial charge < -0.3 is 10.1 Å². The smallest absolute Gasteiger partial charge is 0.0574 e. The van der Waals surface area contributed by atoms with Gasteiger partial charge in [-0.15, -0.1) is 0 Å². The van der Waals surface area contributed by atoms with Crippen molar-refractivity contribution in [2.75, 3.05) is 27.3 Å². The average Bonchev–Trinajstić information content (AvgIpc) is 3.14. The lowest BCUT2D eigenvalue weighted by molar-refractivity contribution is 0.115. The average molecular weight is 219 g/mol. The van der Waals surface area contributed by atoms with Crippen LogP contribution in [-0.4, -0.2) is 27.3 Å². The molecule has 0 saturated heterocycles. The number of hydrogen-bond acceptors (Lipinski definition) is 2. The first-order chi connectivity index (χ1) is 7.83. The molecule has 1 N–H and O–H groups in total. The van der Waals surface area contributed by atoms with Crippen LogP contribution in [0.1, 0.15) is 18.4 Å². The van der Waals surface area contributed by atoms with Crippen molar-refractivity contribution in [2.24, 2.45) is 5.92 Å². The van der Waals surface area contributed by atoms with Crippen molar-refractivity contribution in [3.05, 3.63) is 35.9 Å². The van der Waals surface area contributed by atoms with Gasteiger partial charge in [0.25, 0.3) is 0 Å². The first-order valence-electron chi connectivity index (χ1n) is 6.02. The molecule has 1 atom stereocenters. The molecule has 1 aliphatic rings. The number of benzene rings is 1. The van der Waals surface area contributed by atoms with Crippen LogP contribution in [0.5, 0.6) is 0 Å². The molecule has 88 valence electrons. The Morgan fingerprint density at radius 1 is 1.31 bits per heavy atom. The Labute approximate surface area is 98.0 Å². The fourth-order valence-corrected chi connectivity index (χ4v) is 2.71. The molecule has 0 radical (unpaired) electrons. The monoisotopic (exact) mass is 219 g/mol. The Balaban J connectivity index is 2.31. The van der Waals surface area contributed by atoms with Crippen LogP contribution in [0.3, 0.4) is 0 Å². The van der Waals surface area contributed by atoms with E-state index in [-0.39, 0.29) is 5.41 Å². The van der Waals surface area contributed by atoms with Gasteiger partial charge in [0.1, 0.15) is 0 Å². The maximum Gasteiger partial charge on any atom is 0.0574 e. The molecule has 2 heteroatoms. The van der Waals surface area contributed by atoms with Crippen molar-refractivity contribution < 1.29 is 4.74 Å². The minimum absolute atomic E-state index is 0.171. The highest BCUT2D eigenvalue weighted by Gasteiger charge is 2.45. The summed E-state index contributed by atoms with van der Waals surface area (Å²) in [5.41, 5.74) is 1.58. The zero-order valence-corrected chi connectivity index (χ0v) is 10.2. The Morgan fingerprint density at radius 2 is 2.00 bits per heavy atom. The molecule has 1 aromatic rings. The van der Waals surface area contributed by atoms with Gasteiger partial charge in [-0.3, -0.25) is 0 Å². The van der Waals surface area contributed by atoms with E-state index in [1.165, 1.54) is 18.4 Å². The summed E-state index contributed by atoms with van der Waals surface area (Å²) in [5.74, 6) is 0.780. The van der Waals surface area contributed by atoms with Crippen molar-refractivity contribution in [1.29, 1.82) is 0 Å². The van der Waals surface area contributed by atoms with Crippen LogP contribution < -0.4 is 5.32 Å². The number of ether oxygens (including phenoxy) is 1. The lowest BCUT2D eigenvalue weighted by Crippen LogP contribution is -2.42. The van der Waals surface area contributed by atoms with E-state index in [1.807, 2.05) is 7.05 Å².